The average molecular weight is 414 g/mol. The number of ether oxygens (including phenoxy) is 1. The predicted molar refractivity (Wildman–Crippen MR) is 120 cm³/mol. The molecule has 5 rings (SSSR count). The topological polar surface area (TPSA) is 56.0 Å². The van der Waals surface area contributed by atoms with E-state index in [1.807, 2.05) is 66.7 Å². The molecule has 0 aliphatic carbocycles. The van der Waals surface area contributed by atoms with Gasteiger partial charge in [-0.3, -0.25) is 0 Å². The average Bonchev–Trinajstić information content (AvgIpc) is 3.35. The lowest BCUT2D eigenvalue weighted by Gasteiger charge is -2.04. The number of methoxy groups -OCH3 is 1. The summed E-state index contributed by atoms with van der Waals surface area (Å²) in [7, 11) is 1.67. The van der Waals surface area contributed by atoms with E-state index in [4.69, 9.17) is 21.4 Å². The van der Waals surface area contributed by atoms with Gasteiger partial charge in [0.2, 0.25) is 0 Å². The minimum atomic E-state index is 0.337. The summed E-state index contributed by atoms with van der Waals surface area (Å²) in [6.07, 6.45) is 0. The molecule has 0 aliphatic rings. The van der Waals surface area contributed by atoms with Gasteiger partial charge in [0.25, 0.3) is 10.7 Å². The highest BCUT2D eigenvalue weighted by Crippen LogP contribution is 2.39. The Morgan fingerprint density at radius 3 is 2.47 bits per heavy atom. The minimum absolute atomic E-state index is 0.337. The SMILES string of the molecule is COc1ccc2[nH]c(-c3nn(Cc4ccccc4)c(=S)o3)c(-c3ccccc3)c2c1. The standard InChI is InChI=1S/C24H19N3O2S/c1-28-18-12-13-20-19(14-18)21(17-10-6-3-7-11-17)22(25-20)23-26-27(24(30)29-23)15-16-8-4-2-5-9-16/h2-14,25H,15H2,1H3. The number of aromatic nitrogens is 3. The van der Waals surface area contributed by atoms with Gasteiger partial charge in [-0.05, 0) is 41.5 Å². The van der Waals surface area contributed by atoms with Crippen molar-refractivity contribution in [3.05, 3.63) is 89.3 Å². The third-order valence-electron chi connectivity index (χ3n) is 5.06. The largest absolute Gasteiger partial charge is 0.497 e. The van der Waals surface area contributed by atoms with E-state index in [-0.39, 0.29) is 0 Å². The molecular formula is C24H19N3O2S. The Morgan fingerprint density at radius 2 is 1.73 bits per heavy atom. The second-order valence-corrected chi connectivity index (χ2v) is 7.32. The van der Waals surface area contributed by atoms with E-state index in [2.05, 4.69) is 22.2 Å². The summed E-state index contributed by atoms with van der Waals surface area (Å²) in [6.45, 7) is 0.553. The lowest BCUT2D eigenvalue weighted by Crippen LogP contribution is -2.01. The molecule has 30 heavy (non-hydrogen) atoms. The van der Waals surface area contributed by atoms with Crippen molar-refractivity contribution >= 4 is 23.1 Å². The second kappa shape index (κ2) is 7.65. The van der Waals surface area contributed by atoms with Crippen molar-refractivity contribution in [2.24, 2.45) is 0 Å². The van der Waals surface area contributed by atoms with E-state index < -0.39 is 0 Å². The van der Waals surface area contributed by atoms with Crippen LogP contribution in [0.15, 0.2) is 83.3 Å². The van der Waals surface area contributed by atoms with Crippen LogP contribution in [0, 0.1) is 4.84 Å². The van der Waals surface area contributed by atoms with Crippen LogP contribution in [0.4, 0.5) is 0 Å². The van der Waals surface area contributed by atoms with Crippen molar-refractivity contribution in [3.63, 3.8) is 0 Å². The highest BCUT2D eigenvalue weighted by Gasteiger charge is 2.20. The zero-order chi connectivity index (χ0) is 20.5. The third-order valence-corrected chi connectivity index (χ3v) is 5.36. The molecule has 0 radical (unpaired) electrons. The number of hydrogen-bond donors (Lipinski definition) is 1. The molecule has 2 aromatic heterocycles. The van der Waals surface area contributed by atoms with Crippen molar-refractivity contribution in [1.82, 2.24) is 14.8 Å². The molecule has 1 N–H and O–H groups in total. The highest BCUT2D eigenvalue weighted by atomic mass is 32.1. The molecule has 148 valence electrons. The molecule has 0 bridgehead atoms. The van der Waals surface area contributed by atoms with Gasteiger partial charge < -0.3 is 14.1 Å². The molecule has 0 saturated heterocycles. The number of aromatic amines is 1. The number of nitrogens with one attached hydrogen (secondary N) is 1. The summed E-state index contributed by atoms with van der Waals surface area (Å²) in [4.78, 5) is 3.80. The van der Waals surface area contributed by atoms with E-state index in [9.17, 15) is 0 Å². The Morgan fingerprint density at radius 1 is 1.00 bits per heavy atom. The minimum Gasteiger partial charge on any atom is -0.497 e. The molecule has 0 spiro atoms. The van der Waals surface area contributed by atoms with Crippen molar-refractivity contribution in [2.45, 2.75) is 6.54 Å². The van der Waals surface area contributed by atoms with Crippen LogP contribution in [-0.2, 0) is 6.54 Å². The lowest BCUT2D eigenvalue weighted by molar-refractivity contribution is 0.415. The number of hydrogen-bond acceptors (Lipinski definition) is 4. The summed E-state index contributed by atoms with van der Waals surface area (Å²) >= 11 is 5.45. The molecule has 0 fully saturated rings. The fraction of sp³-hybridized carbons (Fsp3) is 0.0833. The monoisotopic (exact) mass is 413 g/mol. The molecule has 0 saturated carbocycles. The van der Waals surface area contributed by atoms with Crippen LogP contribution in [0.2, 0.25) is 0 Å². The van der Waals surface area contributed by atoms with Crippen molar-refractivity contribution in [1.29, 1.82) is 0 Å². The third kappa shape index (κ3) is 3.31. The summed E-state index contributed by atoms with van der Waals surface area (Å²) < 4.78 is 13.1. The first-order valence-electron chi connectivity index (χ1n) is 9.60. The summed E-state index contributed by atoms with van der Waals surface area (Å²) in [5.41, 5.74) is 4.95. The fourth-order valence-electron chi connectivity index (χ4n) is 3.63. The Labute approximate surface area is 178 Å². The van der Waals surface area contributed by atoms with E-state index in [0.29, 0.717) is 17.3 Å². The van der Waals surface area contributed by atoms with Gasteiger partial charge in [0.15, 0.2) is 0 Å². The van der Waals surface area contributed by atoms with E-state index in [1.165, 1.54) is 0 Å². The number of rotatable bonds is 5. The molecule has 0 unspecified atom stereocenters. The van der Waals surface area contributed by atoms with E-state index >= 15 is 0 Å². The Bertz CT molecular complexity index is 1370. The normalized spacial score (nSPS) is 11.1. The molecule has 0 amide bonds. The Balaban J connectivity index is 1.68. The van der Waals surface area contributed by atoms with Crippen LogP contribution in [0.1, 0.15) is 5.56 Å². The quantitative estimate of drug-likeness (QED) is 0.355. The van der Waals surface area contributed by atoms with Crippen LogP contribution in [0.25, 0.3) is 33.6 Å². The van der Waals surface area contributed by atoms with Crippen LogP contribution in [-0.4, -0.2) is 21.9 Å². The number of benzene rings is 3. The molecule has 0 aliphatic heterocycles. The first-order valence-corrected chi connectivity index (χ1v) is 10.0. The van der Waals surface area contributed by atoms with Gasteiger partial charge in [0, 0.05) is 16.5 Å². The van der Waals surface area contributed by atoms with Crippen molar-refractivity contribution in [3.8, 4) is 28.5 Å². The highest BCUT2D eigenvalue weighted by molar-refractivity contribution is 7.71. The number of fused-ring (bicyclic) bond motifs is 1. The Kier molecular flexibility index (Phi) is 4.69. The fourth-order valence-corrected chi connectivity index (χ4v) is 3.81. The molecule has 6 heteroatoms. The maximum Gasteiger partial charge on any atom is 0.287 e. The van der Waals surface area contributed by atoms with Gasteiger partial charge in [0.05, 0.1) is 13.7 Å². The van der Waals surface area contributed by atoms with Crippen LogP contribution >= 0.6 is 12.2 Å². The number of H-pyrrole nitrogens is 1. The summed E-state index contributed by atoms with van der Waals surface area (Å²) in [5.74, 6) is 1.26. The van der Waals surface area contributed by atoms with Gasteiger partial charge in [-0.2, -0.15) is 0 Å². The Hall–Kier alpha value is -3.64. The van der Waals surface area contributed by atoms with Crippen LogP contribution in [0.3, 0.4) is 0 Å². The maximum atomic E-state index is 5.93. The van der Waals surface area contributed by atoms with Gasteiger partial charge in [-0.25, -0.2) is 4.68 Å². The van der Waals surface area contributed by atoms with Gasteiger partial charge in [-0.1, -0.05) is 60.7 Å². The molecule has 3 aromatic carbocycles. The second-order valence-electron chi connectivity index (χ2n) is 6.97. The predicted octanol–water partition coefficient (Wildman–Crippen LogP) is 6.08. The van der Waals surface area contributed by atoms with Gasteiger partial charge in [0.1, 0.15) is 11.4 Å². The molecule has 5 aromatic rings. The zero-order valence-electron chi connectivity index (χ0n) is 16.3. The van der Waals surface area contributed by atoms with Crippen molar-refractivity contribution in [2.75, 3.05) is 7.11 Å². The first-order chi connectivity index (χ1) is 14.7. The molecule has 0 atom stereocenters. The van der Waals surface area contributed by atoms with E-state index in [0.717, 1.165) is 39.0 Å². The molecule has 2 heterocycles. The number of nitrogens with zero attached hydrogens (tertiary/aromatic N) is 2. The maximum absolute atomic E-state index is 5.93. The van der Waals surface area contributed by atoms with Gasteiger partial charge in [-0.15, -0.1) is 5.10 Å². The van der Waals surface area contributed by atoms with E-state index in [1.54, 1.807) is 11.8 Å². The van der Waals surface area contributed by atoms with Crippen molar-refractivity contribution < 1.29 is 9.15 Å². The van der Waals surface area contributed by atoms with Crippen LogP contribution in [0.5, 0.6) is 5.75 Å². The zero-order valence-corrected chi connectivity index (χ0v) is 17.1. The lowest BCUT2D eigenvalue weighted by atomic mass is 10.0. The first kappa shape index (κ1) is 18.4. The smallest absolute Gasteiger partial charge is 0.287 e. The summed E-state index contributed by atoms with van der Waals surface area (Å²) in [6, 6.07) is 26.2. The van der Waals surface area contributed by atoms with Crippen LogP contribution < -0.4 is 4.74 Å². The summed E-state index contributed by atoms with van der Waals surface area (Å²) in [5, 5.41) is 5.72. The van der Waals surface area contributed by atoms with Gasteiger partial charge >= 0.3 is 0 Å². The molecular weight excluding hydrogens is 394 g/mol. The molecule has 5 nitrogen and oxygen atoms in total.